The minimum Gasteiger partial charge on any atom is -0.507 e. The van der Waals surface area contributed by atoms with E-state index in [-0.39, 0.29) is 16.3 Å². The summed E-state index contributed by atoms with van der Waals surface area (Å²) >= 11 is 4.10. The molecular formula is C10H9NO4S2. The van der Waals surface area contributed by atoms with Crippen LogP contribution in [0.2, 0.25) is 0 Å². The number of thiol groups is 1. The lowest BCUT2D eigenvalue weighted by Gasteiger charge is -2.07. The summed E-state index contributed by atoms with van der Waals surface area (Å²) < 4.78 is 30.9. The van der Waals surface area contributed by atoms with Gasteiger partial charge < -0.3 is 10.8 Å². The van der Waals surface area contributed by atoms with Crippen LogP contribution in [0, 0.1) is 0 Å². The van der Waals surface area contributed by atoms with Crippen molar-refractivity contribution in [3.05, 3.63) is 24.3 Å². The van der Waals surface area contributed by atoms with Crippen LogP contribution in [0.25, 0.3) is 10.8 Å². The van der Waals surface area contributed by atoms with Gasteiger partial charge in [-0.2, -0.15) is 8.42 Å². The summed E-state index contributed by atoms with van der Waals surface area (Å²) in [5.74, 6) is -0.305. The summed E-state index contributed by atoms with van der Waals surface area (Å²) in [6.45, 7) is 0. The smallest absolute Gasteiger partial charge is 0.294 e. The van der Waals surface area contributed by atoms with Gasteiger partial charge in [0.05, 0.1) is 4.90 Å². The van der Waals surface area contributed by atoms with Crippen molar-refractivity contribution >= 4 is 39.2 Å². The van der Waals surface area contributed by atoms with Gasteiger partial charge in [0.15, 0.2) is 0 Å². The lowest BCUT2D eigenvalue weighted by molar-refractivity contribution is 0.471. The number of anilines is 1. The number of phenols is 1. The molecule has 0 aliphatic heterocycles. The van der Waals surface area contributed by atoms with Gasteiger partial charge in [0.25, 0.3) is 10.1 Å². The first kappa shape index (κ1) is 12.0. The largest absolute Gasteiger partial charge is 0.507 e. The standard InChI is InChI=1S/C10H9NO4S2/c11-8-3-6(16)1-5-2-7(17(13,14)15)4-9(12)10(5)8/h1-4,12,16H,11H2,(H,13,14,15). The molecule has 7 heteroatoms. The van der Waals surface area contributed by atoms with Crippen molar-refractivity contribution in [1.82, 2.24) is 0 Å². The summed E-state index contributed by atoms with van der Waals surface area (Å²) in [5, 5.41) is 10.4. The Morgan fingerprint density at radius 1 is 1.18 bits per heavy atom. The van der Waals surface area contributed by atoms with Crippen LogP contribution < -0.4 is 5.73 Å². The van der Waals surface area contributed by atoms with Crippen LogP contribution in [0.4, 0.5) is 5.69 Å². The summed E-state index contributed by atoms with van der Waals surface area (Å²) in [4.78, 5) is 0.141. The molecule has 0 aliphatic carbocycles. The van der Waals surface area contributed by atoms with Gasteiger partial charge in [0.1, 0.15) is 5.75 Å². The molecule has 2 rings (SSSR count). The number of nitrogens with two attached hydrogens (primary N) is 1. The second-order valence-electron chi connectivity index (χ2n) is 3.55. The Morgan fingerprint density at radius 2 is 1.82 bits per heavy atom. The zero-order valence-electron chi connectivity index (χ0n) is 8.45. The molecule has 0 fully saturated rings. The van der Waals surface area contributed by atoms with Crippen molar-refractivity contribution in [2.24, 2.45) is 0 Å². The summed E-state index contributed by atoms with van der Waals surface area (Å²) in [5.41, 5.74) is 5.98. The van der Waals surface area contributed by atoms with Crippen molar-refractivity contribution in [2.45, 2.75) is 9.79 Å². The molecule has 0 atom stereocenters. The molecule has 0 aliphatic rings. The topological polar surface area (TPSA) is 101 Å². The third kappa shape index (κ3) is 2.17. The Bertz CT molecular complexity index is 710. The maximum absolute atomic E-state index is 11.0. The lowest BCUT2D eigenvalue weighted by atomic mass is 10.1. The molecule has 0 saturated carbocycles. The van der Waals surface area contributed by atoms with Crippen LogP contribution in [0.1, 0.15) is 0 Å². The van der Waals surface area contributed by atoms with Crippen molar-refractivity contribution in [3.63, 3.8) is 0 Å². The van der Waals surface area contributed by atoms with Crippen molar-refractivity contribution in [1.29, 1.82) is 0 Å². The fourth-order valence-corrected chi connectivity index (χ4v) is 2.45. The number of phenolic OH excluding ortho intramolecular Hbond substituents is 1. The maximum Gasteiger partial charge on any atom is 0.294 e. The molecule has 0 heterocycles. The Balaban J connectivity index is 2.92. The molecule has 2 aromatic carbocycles. The molecule has 17 heavy (non-hydrogen) atoms. The molecule has 5 nitrogen and oxygen atoms in total. The van der Waals surface area contributed by atoms with Crippen molar-refractivity contribution < 1.29 is 18.1 Å². The molecule has 2 aromatic rings. The van der Waals surface area contributed by atoms with E-state index in [4.69, 9.17) is 10.3 Å². The molecule has 0 unspecified atom stereocenters. The first-order valence-corrected chi connectivity index (χ1v) is 6.40. The van der Waals surface area contributed by atoms with Crippen molar-refractivity contribution in [3.8, 4) is 5.75 Å². The number of nitrogen functional groups attached to an aromatic ring is 1. The van der Waals surface area contributed by atoms with E-state index in [1.165, 1.54) is 12.1 Å². The monoisotopic (exact) mass is 271 g/mol. The number of hydrogen-bond donors (Lipinski definition) is 4. The molecule has 0 amide bonds. The molecule has 0 spiro atoms. The van der Waals surface area contributed by atoms with Gasteiger partial charge in [-0.1, -0.05) is 0 Å². The van der Waals surface area contributed by atoms with E-state index in [1.807, 2.05) is 0 Å². The van der Waals surface area contributed by atoms with Crippen LogP contribution >= 0.6 is 12.6 Å². The lowest BCUT2D eigenvalue weighted by Crippen LogP contribution is -1.98. The highest BCUT2D eigenvalue weighted by Crippen LogP contribution is 2.34. The average Bonchev–Trinajstić information content (AvgIpc) is 2.13. The van der Waals surface area contributed by atoms with E-state index < -0.39 is 10.1 Å². The minimum atomic E-state index is -4.37. The Kier molecular flexibility index (Phi) is 2.69. The first-order chi connectivity index (χ1) is 7.79. The predicted molar refractivity (Wildman–Crippen MR) is 67.1 cm³/mol. The normalized spacial score (nSPS) is 11.9. The summed E-state index contributed by atoms with van der Waals surface area (Å²) in [6, 6.07) is 5.26. The van der Waals surface area contributed by atoms with Gasteiger partial charge in [-0.25, -0.2) is 0 Å². The zero-order valence-corrected chi connectivity index (χ0v) is 10.2. The van der Waals surface area contributed by atoms with Crippen LogP contribution in [0.5, 0.6) is 5.75 Å². The number of hydrogen-bond acceptors (Lipinski definition) is 5. The summed E-state index contributed by atoms with van der Waals surface area (Å²) in [6.07, 6.45) is 0. The quantitative estimate of drug-likeness (QED) is 0.359. The van der Waals surface area contributed by atoms with Crippen LogP contribution in [-0.2, 0) is 10.1 Å². The van der Waals surface area contributed by atoms with Gasteiger partial charge in [0.2, 0.25) is 0 Å². The molecule has 0 radical (unpaired) electrons. The van der Waals surface area contributed by atoms with E-state index in [0.29, 0.717) is 15.7 Å². The van der Waals surface area contributed by atoms with Gasteiger partial charge in [-0.05, 0) is 23.6 Å². The highest BCUT2D eigenvalue weighted by molar-refractivity contribution is 7.85. The van der Waals surface area contributed by atoms with Crippen molar-refractivity contribution in [2.75, 3.05) is 5.73 Å². The van der Waals surface area contributed by atoms with Crippen LogP contribution in [0.3, 0.4) is 0 Å². The van der Waals surface area contributed by atoms with E-state index in [0.717, 1.165) is 6.07 Å². The van der Waals surface area contributed by atoms with Gasteiger partial charge in [-0.15, -0.1) is 12.6 Å². The second kappa shape index (κ2) is 3.80. The summed E-state index contributed by atoms with van der Waals surface area (Å²) in [7, 11) is -4.37. The molecule has 0 bridgehead atoms. The second-order valence-corrected chi connectivity index (χ2v) is 5.49. The highest BCUT2D eigenvalue weighted by Gasteiger charge is 2.14. The van der Waals surface area contributed by atoms with E-state index >= 15 is 0 Å². The first-order valence-electron chi connectivity index (χ1n) is 4.52. The fourth-order valence-electron chi connectivity index (χ4n) is 1.63. The zero-order chi connectivity index (χ0) is 12.8. The minimum absolute atomic E-state index is 0.284. The van der Waals surface area contributed by atoms with Gasteiger partial charge in [-0.3, -0.25) is 4.55 Å². The average molecular weight is 271 g/mol. The predicted octanol–water partition coefficient (Wildman–Crippen LogP) is 1.66. The Hall–Kier alpha value is -1.44. The number of rotatable bonds is 1. The Labute approximate surface area is 103 Å². The highest BCUT2D eigenvalue weighted by atomic mass is 32.2. The van der Waals surface area contributed by atoms with Gasteiger partial charge in [0, 0.05) is 22.0 Å². The molecule has 4 N–H and O–H groups in total. The number of aromatic hydroxyl groups is 1. The number of benzene rings is 2. The molecular weight excluding hydrogens is 262 g/mol. The number of fused-ring (bicyclic) bond motifs is 1. The fraction of sp³-hybridized carbons (Fsp3) is 0. The van der Waals surface area contributed by atoms with E-state index in [9.17, 15) is 13.5 Å². The molecule has 0 aromatic heterocycles. The third-order valence-corrected chi connectivity index (χ3v) is 3.40. The maximum atomic E-state index is 11.0. The molecule has 0 saturated heterocycles. The third-order valence-electron chi connectivity index (χ3n) is 2.31. The Morgan fingerprint density at radius 3 is 2.41 bits per heavy atom. The SMILES string of the molecule is Nc1cc(S)cc2cc(S(=O)(=O)O)cc(O)c12. The van der Waals surface area contributed by atoms with Crippen LogP contribution in [0.15, 0.2) is 34.1 Å². The molecule has 90 valence electrons. The van der Waals surface area contributed by atoms with Crippen LogP contribution in [-0.4, -0.2) is 18.1 Å². The van der Waals surface area contributed by atoms with E-state index in [2.05, 4.69) is 12.6 Å². The van der Waals surface area contributed by atoms with E-state index in [1.54, 1.807) is 6.07 Å². The van der Waals surface area contributed by atoms with Gasteiger partial charge >= 0.3 is 0 Å².